The van der Waals surface area contributed by atoms with Crippen LogP contribution in [0.4, 0.5) is 5.69 Å². The van der Waals surface area contributed by atoms with Crippen LogP contribution in [0, 0.1) is 10.1 Å². The lowest BCUT2D eigenvalue weighted by atomic mass is 9.96. The third kappa shape index (κ3) is 3.93. The van der Waals surface area contributed by atoms with Gasteiger partial charge in [0.25, 0.3) is 11.2 Å². The van der Waals surface area contributed by atoms with Crippen LogP contribution in [0.3, 0.4) is 0 Å². The number of hydrogen-bond donors (Lipinski definition) is 1. The van der Waals surface area contributed by atoms with E-state index < -0.39 is 22.5 Å². The van der Waals surface area contributed by atoms with Gasteiger partial charge in [0.15, 0.2) is 0 Å². The van der Waals surface area contributed by atoms with Crippen LogP contribution in [-0.4, -0.2) is 34.7 Å². The number of carbonyl (C=O) groups excluding carboxylic acids is 1. The molecule has 1 atom stereocenters. The standard InChI is InChI=1S/C23H20N4O6/c1-13-19(22(29)33-3)20(15-7-9-17(32-2)10-8-15)26-21(28)18(25-23(26)24-13)12-14-5-4-6-16(11-14)27(30)31/h4-12,20H,1-3H3,(H,24,25). The summed E-state index contributed by atoms with van der Waals surface area (Å²) in [4.78, 5) is 44.0. The summed E-state index contributed by atoms with van der Waals surface area (Å²) >= 11 is 0. The molecule has 0 saturated heterocycles. The monoisotopic (exact) mass is 448 g/mol. The molecule has 0 aliphatic carbocycles. The Balaban J connectivity index is 1.94. The van der Waals surface area contributed by atoms with E-state index in [1.54, 1.807) is 44.4 Å². The van der Waals surface area contributed by atoms with E-state index in [4.69, 9.17) is 9.47 Å². The van der Waals surface area contributed by atoms with Crippen LogP contribution in [0.5, 0.6) is 5.75 Å². The van der Waals surface area contributed by atoms with Gasteiger partial charge in [-0.05, 0) is 36.3 Å². The molecule has 1 aliphatic heterocycles. The van der Waals surface area contributed by atoms with Crippen LogP contribution in [0.1, 0.15) is 24.1 Å². The Labute approximate surface area is 187 Å². The second-order valence-electron chi connectivity index (χ2n) is 7.31. The summed E-state index contributed by atoms with van der Waals surface area (Å²) in [5.74, 6) is 0.0286. The van der Waals surface area contributed by atoms with Gasteiger partial charge >= 0.3 is 5.97 Å². The number of ether oxygens (including phenoxy) is 2. The van der Waals surface area contributed by atoms with Gasteiger partial charge in [0, 0.05) is 12.1 Å². The van der Waals surface area contributed by atoms with Gasteiger partial charge in [0.05, 0.1) is 36.5 Å². The fourth-order valence-electron chi connectivity index (χ4n) is 3.79. The fraction of sp³-hybridized carbons (Fsp3) is 0.174. The number of allylic oxidation sites excluding steroid dienone is 1. The normalized spacial score (nSPS) is 15.6. The van der Waals surface area contributed by atoms with Crippen molar-refractivity contribution in [3.05, 3.63) is 102 Å². The molecule has 1 unspecified atom stereocenters. The summed E-state index contributed by atoms with van der Waals surface area (Å²) in [7, 11) is 2.81. The first-order valence-electron chi connectivity index (χ1n) is 9.92. The van der Waals surface area contributed by atoms with E-state index in [2.05, 4.69) is 9.98 Å². The van der Waals surface area contributed by atoms with E-state index in [1.165, 1.54) is 36.0 Å². The number of carbonyl (C=O) groups is 1. The van der Waals surface area contributed by atoms with Crippen LogP contribution in [-0.2, 0) is 9.53 Å². The second-order valence-corrected chi connectivity index (χ2v) is 7.31. The molecule has 10 nitrogen and oxygen atoms in total. The summed E-state index contributed by atoms with van der Waals surface area (Å²) < 4.78 is 11.6. The van der Waals surface area contributed by atoms with Crippen molar-refractivity contribution in [2.45, 2.75) is 13.0 Å². The highest BCUT2D eigenvalue weighted by molar-refractivity contribution is 5.91. The minimum atomic E-state index is -0.785. The number of hydrogen-bond acceptors (Lipinski definition) is 7. The lowest BCUT2D eigenvalue weighted by molar-refractivity contribution is -0.384. The molecule has 4 rings (SSSR count). The number of benzene rings is 2. The Morgan fingerprint density at radius 1 is 1.21 bits per heavy atom. The fourth-order valence-corrected chi connectivity index (χ4v) is 3.79. The molecular weight excluding hydrogens is 428 g/mol. The zero-order valence-corrected chi connectivity index (χ0v) is 18.1. The highest BCUT2D eigenvalue weighted by Crippen LogP contribution is 2.31. The Morgan fingerprint density at radius 3 is 2.58 bits per heavy atom. The van der Waals surface area contributed by atoms with E-state index >= 15 is 0 Å². The number of non-ortho nitro benzene ring substituents is 1. The molecule has 0 bridgehead atoms. The maximum atomic E-state index is 13.4. The van der Waals surface area contributed by atoms with Gasteiger partial charge in [-0.25, -0.2) is 9.79 Å². The Bertz CT molecular complexity index is 1460. The molecule has 0 spiro atoms. The predicted molar refractivity (Wildman–Crippen MR) is 118 cm³/mol. The van der Waals surface area contributed by atoms with Gasteiger partial charge < -0.3 is 14.5 Å². The lowest BCUT2D eigenvalue weighted by Crippen LogP contribution is -2.39. The maximum Gasteiger partial charge on any atom is 0.338 e. The molecule has 2 aromatic carbocycles. The Hall–Kier alpha value is -4.47. The molecule has 2 heterocycles. The molecule has 0 saturated carbocycles. The van der Waals surface area contributed by atoms with Gasteiger partial charge in [-0.1, -0.05) is 24.3 Å². The minimum absolute atomic E-state index is 0.0912. The zero-order chi connectivity index (χ0) is 23.7. The van der Waals surface area contributed by atoms with Crippen molar-refractivity contribution in [3.8, 4) is 5.75 Å². The second kappa shape index (κ2) is 8.58. The summed E-state index contributed by atoms with van der Waals surface area (Å²) in [6.07, 6.45) is 1.51. The highest BCUT2D eigenvalue weighted by atomic mass is 16.6. The SMILES string of the molecule is COC(=O)C1=C(C)N=c2[nH]c(=Cc3cccc([N+](=O)[O-])c3)c(=O)n2C1c1ccc(OC)cc1. The molecule has 3 aromatic rings. The van der Waals surface area contributed by atoms with Crippen molar-refractivity contribution < 1.29 is 19.2 Å². The Morgan fingerprint density at radius 2 is 1.94 bits per heavy atom. The number of aromatic nitrogens is 2. The number of H-pyrrole nitrogens is 1. The third-order valence-corrected chi connectivity index (χ3v) is 5.35. The first-order valence-corrected chi connectivity index (χ1v) is 9.92. The minimum Gasteiger partial charge on any atom is -0.497 e. The van der Waals surface area contributed by atoms with E-state index in [1.807, 2.05) is 0 Å². The molecule has 0 fully saturated rings. The molecule has 1 aliphatic rings. The van der Waals surface area contributed by atoms with E-state index in [0.29, 0.717) is 22.6 Å². The number of imidazole rings is 1. The van der Waals surface area contributed by atoms with Crippen molar-refractivity contribution in [2.24, 2.45) is 4.99 Å². The molecule has 1 N–H and O–H groups in total. The maximum absolute atomic E-state index is 13.4. The van der Waals surface area contributed by atoms with E-state index in [-0.39, 0.29) is 22.2 Å². The number of nitro benzene ring substituents is 1. The van der Waals surface area contributed by atoms with Crippen LogP contribution in [0.15, 0.2) is 69.6 Å². The highest BCUT2D eigenvalue weighted by Gasteiger charge is 2.33. The van der Waals surface area contributed by atoms with Crippen LogP contribution in [0.2, 0.25) is 0 Å². The van der Waals surface area contributed by atoms with Crippen molar-refractivity contribution in [2.75, 3.05) is 14.2 Å². The summed E-state index contributed by atoms with van der Waals surface area (Å²) in [5.41, 5.74) is 1.50. The Kier molecular flexibility index (Phi) is 5.65. The summed E-state index contributed by atoms with van der Waals surface area (Å²) in [6.45, 7) is 1.67. The summed E-state index contributed by atoms with van der Waals surface area (Å²) in [5, 5.41) is 11.3. The van der Waals surface area contributed by atoms with Gasteiger partial charge in [-0.15, -0.1) is 0 Å². The number of nitrogens with one attached hydrogen (secondary N) is 1. The van der Waals surface area contributed by atoms with E-state index in [0.717, 1.165) is 0 Å². The van der Waals surface area contributed by atoms with Crippen LogP contribution in [0.25, 0.3) is 6.08 Å². The number of fused-ring (bicyclic) bond motifs is 1. The number of aromatic amines is 1. The first-order chi connectivity index (χ1) is 15.8. The average molecular weight is 448 g/mol. The molecule has 33 heavy (non-hydrogen) atoms. The molecule has 1 aromatic heterocycles. The van der Waals surface area contributed by atoms with E-state index in [9.17, 15) is 19.7 Å². The quantitative estimate of drug-likeness (QED) is 0.359. The summed E-state index contributed by atoms with van der Waals surface area (Å²) in [6, 6.07) is 12.1. The largest absolute Gasteiger partial charge is 0.497 e. The van der Waals surface area contributed by atoms with Crippen molar-refractivity contribution >= 4 is 17.7 Å². The number of rotatable bonds is 5. The lowest BCUT2D eigenvalue weighted by Gasteiger charge is -2.24. The average Bonchev–Trinajstić information content (AvgIpc) is 3.12. The van der Waals surface area contributed by atoms with Crippen LogP contribution < -0.4 is 21.3 Å². The molecule has 10 heteroatoms. The molecular formula is C23H20N4O6. The topological polar surface area (TPSA) is 129 Å². The molecule has 0 radical (unpaired) electrons. The number of esters is 1. The third-order valence-electron chi connectivity index (χ3n) is 5.35. The van der Waals surface area contributed by atoms with Gasteiger partial charge in [-0.2, -0.15) is 0 Å². The first kappa shape index (κ1) is 21.8. The van der Waals surface area contributed by atoms with Gasteiger partial charge in [0.2, 0.25) is 5.62 Å². The van der Waals surface area contributed by atoms with Crippen molar-refractivity contribution in [3.63, 3.8) is 0 Å². The van der Waals surface area contributed by atoms with Gasteiger partial charge in [0.1, 0.15) is 11.1 Å². The smallest absolute Gasteiger partial charge is 0.338 e. The number of nitro groups is 1. The van der Waals surface area contributed by atoms with Crippen molar-refractivity contribution in [1.29, 1.82) is 0 Å². The van der Waals surface area contributed by atoms with Gasteiger partial charge in [-0.3, -0.25) is 19.5 Å². The number of nitrogens with zero attached hydrogens (tertiary/aromatic N) is 3. The van der Waals surface area contributed by atoms with Crippen LogP contribution >= 0.6 is 0 Å². The number of methoxy groups -OCH3 is 2. The van der Waals surface area contributed by atoms with Crippen molar-refractivity contribution in [1.82, 2.24) is 9.55 Å². The molecule has 0 amide bonds. The molecule has 168 valence electrons. The predicted octanol–water partition coefficient (Wildman–Crippen LogP) is 1.59. The zero-order valence-electron chi connectivity index (χ0n) is 18.1.